The van der Waals surface area contributed by atoms with E-state index in [2.05, 4.69) is 5.32 Å². The van der Waals surface area contributed by atoms with Crippen LogP contribution in [-0.2, 0) is 52.8 Å². The fourth-order valence-corrected chi connectivity index (χ4v) is 4.96. The van der Waals surface area contributed by atoms with Gasteiger partial charge in [-0.15, -0.1) is 0 Å². The summed E-state index contributed by atoms with van der Waals surface area (Å²) in [4.78, 5) is 60.7. The second kappa shape index (κ2) is 18.4. The number of rotatable bonds is 13. The van der Waals surface area contributed by atoms with Gasteiger partial charge in [0.15, 0.2) is 11.5 Å². The van der Waals surface area contributed by atoms with Crippen molar-refractivity contribution in [2.24, 2.45) is 0 Å². The summed E-state index contributed by atoms with van der Waals surface area (Å²) in [6.07, 6.45) is 2.47. The molecule has 0 bridgehead atoms. The maximum Gasteiger partial charge on any atom is 0.329 e. The van der Waals surface area contributed by atoms with Crippen LogP contribution in [0.5, 0.6) is 11.5 Å². The van der Waals surface area contributed by atoms with Crippen molar-refractivity contribution >= 4 is 29.8 Å². The number of amides is 1. The molecule has 0 spiro atoms. The SMILES string of the molecule is CCOC(=O)C(CCc1ccccc1)NC(C)C(=O)N1Cc2cc(OC)c(OC)cc2CC1C(=O)OC(C)(C)C.O=C(O)C=CC(=O)O. The average Bonchev–Trinajstić information content (AvgIpc) is 3.03. The standard InChI is InChI=1S/C31H42N2O7.C4H4O4/c1-8-39-29(35)24(15-14-21-12-10-9-11-13-21)32-20(2)28(34)33-19-23-18-27(38-7)26(37-6)17-22(23)16-25(33)30(36)40-31(3,4)5;5-3(6)1-2-4(7)8/h9-13,17-18,20,24-25,32H,8,14-16,19H2,1-7H3;1-2H,(H,5,6)(H,7,8). The number of fused-ring (bicyclic) bond motifs is 1. The van der Waals surface area contributed by atoms with Crippen LogP contribution in [0.4, 0.5) is 0 Å². The maximum atomic E-state index is 13.9. The molecule has 3 unspecified atom stereocenters. The van der Waals surface area contributed by atoms with Crippen molar-refractivity contribution in [1.29, 1.82) is 0 Å². The van der Waals surface area contributed by atoms with E-state index < -0.39 is 47.6 Å². The number of nitrogens with zero attached hydrogens (tertiary/aromatic N) is 1. The third kappa shape index (κ3) is 12.4. The van der Waals surface area contributed by atoms with Gasteiger partial charge in [0.25, 0.3) is 0 Å². The molecule has 1 heterocycles. The number of esters is 2. The quantitative estimate of drug-likeness (QED) is 0.209. The van der Waals surface area contributed by atoms with E-state index in [0.717, 1.165) is 16.7 Å². The molecule has 13 nitrogen and oxygen atoms in total. The lowest BCUT2D eigenvalue weighted by molar-refractivity contribution is -0.166. The van der Waals surface area contributed by atoms with Crippen LogP contribution in [0.15, 0.2) is 54.6 Å². The molecule has 3 atom stereocenters. The Balaban J connectivity index is 0.000000886. The van der Waals surface area contributed by atoms with Crippen LogP contribution < -0.4 is 14.8 Å². The predicted molar refractivity (Wildman–Crippen MR) is 176 cm³/mol. The molecule has 0 saturated carbocycles. The molecular weight excluding hydrogens is 624 g/mol. The summed E-state index contributed by atoms with van der Waals surface area (Å²) in [7, 11) is 3.11. The number of carboxylic acid groups (broad SMARTS) is 2. The number of benzene rings is 2. The molecule has 0 fully saturated rings. The Morgan fingerprint density at radius 3 is 2.02 bits per heavy atom. The molecule has 0 aliphatic carbocycles. The Morgan fingerprint density at radius 2 is 1.52 bits per heavy atom. The van der Waals surface area contributed by atoms with Gasteiger partial charge in [-0.05, 0) is 76.3 Å². The first-order valence-electron chi connectivity index (χ1n) is 15.5. The number of carboxylic acids is 2. The van der Waals surface area contributed by atoms with Crippen molar-refractivity contribution < 1.29 is 53.1 Å². The minimum absolute atomic E-state index is 0.179. The highest BCUT2D eigenvalue weighted by Gasteiger charge is 2.40. The van der Waals surface area contributed by atoms with Gasteiger partial charge in [0.1, 0.15) is 17.7 Å². The van der Waals surface area contributed by atoms with Crippen molar-refractivity contribution in [3.8, 4) is 11.5 Å². The van der Waals surface area contributed by atoms with Crippen LogP contribution in [0, 0.1) is 0 Å². The third-order valence-electron chi connectivity index (χ3n) is 7.12. The molecular formula is C35H46N2O11. The van der Waals surface area contributed by atoms with E-state index in [9.17, 15) is 24.0 Å². The van der Waals surface area contributed by atoms with Gasteiger partial charge in [0.2, 0.25) is 5.91 Å². The van der Waals surface area contributed by atoms with Gasteiger partial charge in [0.05, 0.1) is 26.9 Å². The number of aliphatic carboxylic acids is 2. The number of carbonyl (C=O) groups is 5. The first kappa shape index (κ1) is 39.3. The Morgan fingerprint density at radius 1 is 0.958 bits per heavy atom. The summed E-state index contributed by atoms with van der Waals surface area (Å²) in [5.41, 5.74) is 2.09. The van der Waals surface area contributed by atoms with Crippen molar-refractivity contribution in [2.75, 3.05) is 20.8 Å². The number of hydrogen-bond acceptors (Lipinski definition) is 10. The molecule has 3 N–H and O–H groups in total. The summed E-state index contributed by atoms with van der Waals surface area (Å²) in [5.74, 6) is -2.64. The molecule has 0 aromatic heterocycles. The fourth-order valence-electron chi connectivity index (χ4n) is 4.96. The predicted octanol–water partition coefficient (Wildman–Crippen LogP) is 3.55. The zero-order valence-electron chi connectivity index (χ0n) is 28.5. The largest absolute Gasteiger partial charge is 0.493 e. The van der Waals surface area contributed by atoms with Crippen molar-refractivity contribution in [1.82, 2.24) is 10.2 Å². The van der Waals surface area contributed by atoms with Gasteiger partial charge in [0, 0.05) is 25.1 Å². The number of aryl methyl sites for hydroxylation is 1. The van der Waals surface area contributed by atoms with Gasteiger partial charge in [-0.3, -0.25) is 14.9 Å². The van der Waals surface area contributed by atoms with E-state index in [1.54, 1.807) is 48.8 Å². The molecule has 1 aliphatic rings. The molecule has 3 rings (SSSR count). The molecule has 1 amide bonds. The van der Waals surface area contributed by atoms with Crippen molar-refractivity contribution in [2.45, 2.75) is 84.2 Å². The summed E-state index contributed by atoms with van der Waals surface area (Å²) >= 11 is 0. The number of methoxy groups -OCH3 is 2. The van der Waals surface area contributed by atoms with Gasteiger partial charge in [-0.1, -0.05) is 30.3 Å². The van der Waals surface area contributed by atoms with Crippen LogP contribution in [0.25, 0.3) is 0 Å². The second-order valence-corrected chi connectivity index (χ2v) is 11.9. The highest BCUT2D eigenvalue weighted by Crippen LogP contribution is 2.35. The van der Waals surface area contributed by atoms with Crippen LogP contribution in [0.1, 0.15) is 57.7 Å². The molecule has 0 radical (unpaired) electrons. The van der Waals surface area contributed by atoms with E-state index >= 15 is 0 Å². The van der Waals surface area contributed by atoms with Crippen LogP contribution in [0.2, 0.25) is 0 Å². The Hall–Kier alpha value is -4.91. The minimum Gasteiger partial charge on any atom is -0.493 e. The minimum atomic E-state index is -1.26. The van der Waals surface area contributed by atoms with E-state index in [4.69, 9.17) is 29.2 Å². The van der Waals surface area contributed by atoms with Gasteiger partial charge < -0.3 is 34.1 Å². The zero-order chi connectivity index (χ0) is 36.0. The van der Waals surface area contributed by atoms with Crippen LogP contribution in [-0.4, -0.2) is 89.5 Å². The van der Waals surface area contributed by atoms with Gasteiger partial charge >= 0.3 is 23.9 Å². The molecule has 0 saturated heterocycles. The molecule has 13 heteroatoms. The van der Waals surface area contributed by atoms with Gasteiger partial charge in [-0.2, -0.15) is 0 Å². The van der Waals surface area contributed by atoms with E-state index in [-0.39, 0.29) is 25.5 Å². The van der Waals surface area contributed by atoms with E-state index in [1.165, 1.54) is 4.90 Å². The maximum absolute atomic E-state index is 13.9. The molecule has 2 aromatic carbocycles. The number of carbonyl (C=O) groups excluding carboxylic acids is 3. The smallest absolute Gasteiger partial charge is 0.329 e. The summed E-state index contributed by atoms with van der Waals surface area (Å²) < 4.78 is 21.9. The lowest BCUT2D eigenvalue weighted by Gasteiger charge is -2.38. The van der Waals surface area contributed by atoms with Crippen molar-refractivity contribution in [3.05, 3.63) is 71.3 Å². The summed E-state index contributed by atoms with van der Waals surface area (Å²) in [6, 6.07) is 11.2. The summed E-state index contributed by atoms with van der Waals surface area (Å²) in [6.45, 7) is 9.25. The molecule has 48 heavy (non-hydrogen) atoms. The monoisotopic (exact) mass is 670 g/mol. The van der Waals surface area contributed by atoms with Gasteiger partial charge in [-0.25, -0.2) is 14.4 Å². The first-order valence-corrected chi connectivity index (χ1v) is 15.5. The zero-order valence-corrected chi connectivity index (χ0v) is 28.5. The number of nitrogens with one attached hydrogen (secondary N) is 1. The average molecular weight is 671 g/mol. The Kier molecular flexibility index (Phi) is 15.1. The third-order valence-corrected chi connectivity index (χ3v) is 7.12. The summed E-state index contributed by atoms with van der Waals surface area (Å²) in [5, 5.41) is 18.8. The fraction of sp³-hybridized carbons (Fsp3) is 0.457. The Bertz CT molecular complexity index is 1430. The van der Waals surface area contributed by atoms with Crippen LogP contribution >= 0.6 is 0 Å². The molecule has 2 aromatic rings. The van der Waals surface area contributed by atoms with E-state index in [1.807, 2.05) is 42.5 Å². The number of ether oxygens (including phenoxy) is 4. The topological polar surface area (TPSA) is 178 Å². The normalized spacial score (nSPS) is 15.2. The second-order valence-electron chi connectivity index (χ2n) is 11.9. The lowest BCUT2D eigenvalue weighted by Crippen LogP contribution is -2.57. The molecule has 1 aliphatic heterocycles. The van der Waals surface area contributed by atoms with Crippen LogP contribution in [0.3, 0.4) is 0 Å². The highest BCUT2D eigenvalue weighted by molar-refractivity contribution is 5.90. The number of hydrogen-bond donors (Lipinski definition) is 3. The Labute approximate surface area is 280 Å². The van der Waals surface area contributed by atoms with E-state index in [0.29, 0.717) is 36.5 Å². The highest BCUT2D eigenvalue weighted by atomic mass is 16.6. The first-order chi connectivity index (χ1) is 22.6. The molecule has 262 valence electrons. The lowest BCUT2D eigenvalue weighted by atomic mass is 9.92. The van der Waals surface area contributed by atoms with Crippen molar-refractivity contribution in [3.63, 3.8) is 0 Å².